The summed E-state index contributed by atoms with van der Waals surface area (Å²) in [5, 5.41) is 11.7. The second-order valence-electron chi connectivity index (χ2n) is 11.4. The van der Waals surface area contributed by atoms with E-state index in [1.54, 1.807) is 6.92 Å². The topological polar surface area (TPSA) is 89.9 Å². The van der Waals surface area contributed by atoms with Crippen molar-refractivity contribution >= 4 is 30.2 Å². The largest absolute Gasteiger partial charge is 0.458 e. The normalized spacial score (nSPS) is 45.4. The van der Waals surface area contributed by atoms with Gasteiger partial charge in [0.25, 0.3) is 0 Å². The van der Waals surface area contributed by atoms with Crippen LogP contribution in [0, 0.1) is 34.5 Å². The number of fused-ring (bicyclic) bond motifs is 5. The molecule has 0 saturated heterocycles. The number of aliphatic hydroxyl groups is 1. The van der Waals surface area contributed by atoms with E-state index < -0.39 is 28.5 Å². The van der Waals surface area contributed by atoms with Gasteiger partial charge in [-0.2, -0.15) is 0 Å². The van der Waals surface area contributed by atoms with Crippen LogP contribution in [0.3, 0.4) is 0 Å². The first-order chi connectivity index (χ1) is 15.4. The van der Waals surface area contributed by atoms with E-state index in [1.165, 1.54) is 12.5 Å². The monoisotopic (exact) mass is 478 g/mol. The number of allylic oxidation sites excluding steroid dienone is 1. The number of esters is 1. The zero-order valence-corrected chi connectivity index (χ0v) is 21.3. The Labute approximate surface area is 202 Å². The first kappa shape index (κ1) is 24.9. The number of rotatable bonds is 5. The van der Waals surface area contributed by atoms with Crippen LogP contribution in [0.25, 0.3) is 0 Å². The van der Waals surface area contributed by atoms with E-state index in [4.69, 9.17) is 9.47 Å². The molecule has 0 aromatic heterocycles. The lowest BCUT2D eigenvalue weighted by Gasteiger charge is -2.62. The third-order valence-corrected chi connectivity index (χ3v) is 9.67. The second kappa shape index (κ2) is 8.49. The molecule has 6 nitrogen and oxygen atoms in total. The molecule has 7 heteroatoms. The maximum absolute atomic E-state index is 13.6. The Balaban J connectivity index is 1.74. The molecule has 0 aliphatic heterocycles. The van der Waals surface area contributed by atoms with Gasteiger partial charge in [-0.25, -0.2) is 0 Å². The number of carbonyl (C=O) groups excluding carboxylic acids is 3. The van der Waals surface area contributed by atoms with E-state index in [-0.39, 0.29) is 47.3 Å². The second-order valence-corrected chi connectivity index (χ2v) is 12.1. The minimum Gasteiger partial charge on any atom is -0.458 e. The van der Waals surface area contributed by atoms with Crippen LogP contribution in [-0.2, 0) is 23.9 Å². The van der Waals surface area contributed by atoms with Gasteiger partial charge in [0.15, 0.2) is 12.4 Å². The highest BCUT2D eigenvalue weighted by Gasteiger charge is 2.70. The van der Waals surface area contributed by atoms with Gasteiger partial charge in [-0.15, -0.1) is 12.6 Å². The van der Waals surface area contributed by atoms with Gasteiger partial charge in [0.05, 0.1) is 11.5 Å². The maximum atomic E-state index is 13.6. The van der Waals surface area contributed by atoms with Crippen LogP contribution in [0.2, 0.25) is 0 Å². The van der Waals surface area contributed by atoms with E-state index in [0.29, 0.717) is 19.3 Å². The number of hydrogen-bond acceptors (Lipinski definition) is 7. The van der Waals surface area contributed by atoms with Crippen LogP contribution in [0.1, 0.15) is 73.1 Å². The van der Waals surface area contributed by atoms with E-state index in [2.05, 4.69) is 33.4 Å². The van der Waals surface area contributed by atoms with Gasteiger partial charge in [0.1, 0.15) is 5.60 Å². The average molecular weight is 479 g/mol. The third kappa shape index (κ3) is 3.73. The maximum Gasteiger partial charge on any atom is 0.303 e. The molecule has 3 saturated carbocycles. The lowest BCUT2D eigenvalue weighted by molar-refractivity contribution is -0.201. The molecule has 0 aromatic rings. The fourth-order valence-corrected chi connectivity index (χ4v) is 8.58. The highest BCUT2D eigenvalue weighted by molar-refractivity contribution is 7.80. The van der Waals surface area contributed by atoms with Crippen LogP contribution in [0.15, 0.2) is 11.6 Å². The van der Waals surface area contributed by atoms with E-state index in [0.717, 1.165) is 19.3 Å². The molecule has 4 aliphatic carbocycles. The summed E-state index contributed by atoms with van der Waals surface area (Å²) in [5.74, 6) is 0.179. The molecule has 184 valence electrons. The Hall–Kier alpha value is -1.18. The molecule has 0 heterocycles. The molecular weight excluding hydrogens is 440 g/mol. The minimum atomic E-state index is -1.15. The lowest BCUT2D eigenvalue weighted by Crippen LogP contribution is -2.63. The predicted octanol–water partition coefficient (Wildman–Crippen LogP) is 3.90. The zero-order valence-electron chi connectivity index (χ0n) is 20.4. The van der Waals surface area contributed by atoms with Gasteiger partial charge in [-0.05, 0) is 74.2 Å². The summed E-state index contributed by atoms with van der Waals surface area (Å²) in [4.78, 5) is 37.2. The summed E-state index contributed by atoms with van der Waals surface area (Å²) in [6.45, 7) is 9.26. The standard InChI is InChI=1S/C26H38O6S/c1-14-10-18-19-7-9-26(32-16(3)33,22(30)13-31-15(2)27)25(19,5)12-21(29)23(18)24(4)8-6-17(28)11-20(14)24/h11,14,16,18-19,21,23,29,33H,6-10,12-13H2,1-5H3/t14?,16?,18-,19-,21?,23+,24-,25-,26-/m0/s1. The molecule has 3 fully saturated rings. The molecule has 0 aromatic carbocycles. The number of carbonyl (C=O) groups is 3. The van der Waals surface area contributed by atoms with Gasteiger partial charge in [0, 0.05) is 18.8 Å². The summed E-state index contributed by atoms with van der Waals surface area (Å²) in [6, 6.07) is 0. The number of ether oxygens (including phenoxy) is 2. The molecule has 3 unspecified atom stereocenters. The molecule has 0 amide bonds. The van der Waals surface area contributed by atoms with Crippen LogP contribution in [-0.4, -0.2) is 46.4 Å². The number of Topliss-reactive ketones (excluding diaryl/α,β-unsaturated/α-hetero) is 1. The summed E-state index contributed by atoms with van der Waals surface area (Å²) >= 11 is 4.45. The van der Waals surface area contributed by atoms with Crippen LogP contribution in [0.4, 0.5) is 0 Å². The van der Waals surface area contributed by atoms with Crippen molar-refractivity contribution in [3.8, 4) is 0 Å². The fraction of sp³-hybridized carbons (Fsp3) is 0.808. The summed E-state index contributed by atoms with van der Waals surface area (Å²) in [7, 11) is 0. The number of hydrogen-bond donors (Lipinski definition) is 2. The van der Waals surface area contributed by atoms with Gasteiger partial charge in [0.2, 0.25) is 5.78 Å². The van der Waals surface area contributed by atoms with Gasteiger partial charge in [-0.3, -0.25) is 14.4 Å². The predicted molar refractivity (Wildman–Crippen MR) is 127 cm³/mol. The van der Waals surface area contributed by atoms with E-state index in [1.807, 2.05) is 6.08 Å². The fourth-order valence-electron chi connectivity index (χ4n) is 8.40. The van der Waals surface area contributed by atoms with Crippen molar-refractivity contribution in [2.75, 3.05) is 6.61 Å². The minimum absolute atomic E-state index is 0.0546. The molecular formula is C26H38O6S. The SMILES string of the molecule is CC(=O)OCC(=O)[C@@]1(OC(C)S)CC[C@H]2[C@@H]3CC(C)C4=CC(=O)CC[C@]4(C)[C@H]3C(O)C[C@@]21C. The first-order valence-corrected chi connectivity index (χ1v) is 12.8. The van der Waals surface area contributed by atoms with Crippen LogP contribution in [0.5, 0.6) is 0 Å². The van der Waals surface area contributed by atoms with E-state index in [9.17, 15) is 19.5 Å². The molecule has 4 rings (SSSR count). The van der Waals surface area contributed by atoms with Crippen molar-refractivity contribution in [1.29, 1.82) is 0 Å². The number of aliphatic hydroxyl groups excluding tert-OH is 1. The summed E-state index contributed by atoms with van der Waals surface area (Å²) in [6.07, 6.45) is 5.21. The van der Waals surface area contributed by atoms with Crippen LogP contribution < -0.4 is 0 Å². The Bertz CT molecular complexity index is 882. The van der Waals surface area contributed by atoms with Crippen molar-refractivity contribution in [3.05, 3.63) is 11.6 Å². The number of ketones is 2. The Kier molecular flexibility index (Phi) is 6.41. The summed E-state index contributed by atoms with van der Waals surface area (Å²) in [5.41, 5.74) is -1.23. The molecule has 0 radical (unpaired) electrons. The molecule has 1 N–H and O–H groups in total. The van der Waals surface area contributed by atoms with Crippen LogP contribution >= 0.6 is 12.6 Å². The van der Waals surface area contributed by atoms with Crippen molar-refractivity contribution in [1.82, 2.24) is 0 Å². The molecule has 0 spiro atoms. The Morgan fingerprint density at radius 3 is 2.64 bits per heavy atom. The molecule has 33 heavy (non-hydrogen) atoms. The van der Waals surface area contributed by atoms with Gasteiger partial charge in [-0.1, -0.05) is 26.3 Å². The summed E-state index contributed by atoms with van der Waals surface area (Å²) < 4.78 is 11.4. The first-order valence-electron chi connectivity index (χ1n) is 12.3. The van der Waals surface area contributed by atoms with Gasteiger partial charge >= 0.3 is 5.97 Å². The number of thiol groups is 1. The van der Waals surface area contributed by atoms with Crippen molar-refractivity contribution < 1.29 is 29.0 Å². The third-order valence-electron chi connectivity index (χ3n) is 9.56. The lowest BCUT2D eigenvalue weighted by atomic mass is 9.44. The van der Waals surface area contributed by atoms with Gasteiger partial charge < -0.3 is 14.6 Å². The Morgan fingerprint density at radius 1 is 1.30 bits per heavy atom. The highest BCUT2D eigenvalue weighted by Crippen LogP contribution is 2.69. The van der Waals surface area contributed by atoms with Crippen molar-refractivity contribution in [3.63, 3.8) is 0 Å². The van der Waals surface area contributed by atoms with Crippen molar-refractivity contribution in [2.24, 2.45) is 34.5 Å². The highest BCUT2D eigenvalue weighted by atomic mass is 32.1. The average Bonchev–Trinajstić information content (AvgIpc) is 2.99. The molecule has 4 aliphatic rings. The van der Waals surface area contributed by atoms with E-state index >= 15 is 0 Å². The quantitative estimate of drug-likeness (QED) is 0.354. The molecule has 0 bridgehead atoms. The smallest absolute Gasteiger partial charge is 0.303 e. The Morgan fingerprint density at radius 2 is 2.00 bits per heavy atom. The zero-order chi connectivity index (χ0) is 24.3. The molecule has 9 atom stereocenters. The van der Waals surface area contributed by atoms with Crippen molar-refractivity contribution in [2.45, 2.75) is 90.3 Å².